The lowest BCUT2D eigenvalue weighted by atomic mass is 9.82. The largest absolute Gasteiger partial charge is 0.456 e. The van der Waals surface area contributed by atoms with E-state index in [0.717, 1.165) is 44.6 Å². The zero-order chi connectivity index (χ0) is 36.0. The van der Waals surface area contributed by atoms with E-state index in [1.54, 1.807) is 0 Å². The number of hydrogen-bond donors (Lipinski definition) is 0. The molecule has 0 atom stereocenters. The van der Waals surface area contributed by atoms with Crippen LogP contribution in [-0.4, -0.2) is 0 Å². The standard InChI is InChI=1S/C51H35NOS/c1-51(2)45-16-10-9-15-39(45)40-25-22-37(28-46(40)51)52(36-20-17-34(18-21-36)32-11-5-3-6-12-32)38-23-26-42-44-30-48-43(31-50(44)54-49(42)29-38)41-24-19-35(27-47(41)53-48)33-13-7-4-8-14-33/h3-31H,1-2H3. The molecule has 0 saturated heterocycles. The van der Waals surface area contributed by atoms with E-state index in [2.05, 4.69) is 195 Å². The molecular formula is C51H35NOS. The molecule has 0 amide bonds. The average Bonchev–Trinajstić information content (AvgIpc) is 3.84. The second kappa shape index (κ2) is 11.8. The summed E-state index contributed by atoms with van der Waals surface area (Å²) in [6.07, 6.45) is 0. The van der Waals surface area contributed by atoms with Crippen LogP contribution in [-0.2, 0) is 5.41 Å². The number of benzene rings is 8. The third-order valence-corrected chi connectivity index (χ3v) is 12.6. The molecule has 0 N–H and O–H groups in total. The van der Waals surface area contributed by atoms with Crippen LogP contribution >= 0.6 is 11.3 Å². The van der Waals surface area contributed by atoms with Crippen molar-refractivity contribution < 1.29 is 4.42 Å². The van der Waals surface area contributed by atoms with Crippen LogP contribution in [0.3, 0.4) is 0 Å². The first kappa shape index (κ1) is 31.1. The van der Waals surface area contributed by atoms with Gasteiger partial charge in [0.25, 0.3) is 0 Å². The van der Waals surface area contributed by atoms with Crippen molar-refractivity contribution in [3.8, 4) is 33.4 Å². The van der Waals surface area contributed by atoms with Crippen molar-refractivity contribution in [2.24, 2.45) is 0 Å². The molecule has 54 heavy (non-hydrogen) atoms. The van der Waals surface area contributed by atoms with Crippen LogP contribution in [0.4, 0.5) is 17.1 Å². The Bertz CT molecular complexity index is 3060. The van der Waals surface area contributed by atoms with Gasteiger partial charge in [-0.3, -0.25) is 0 Å². The minimum Gasteiger partial charge on any atom is -0.456 e. The maximum atomic E-state index is 6.53. The van der Waals surface area contributed by atoms with E-state index >= 15 is 0 Å². The van der Waals surface area contributed by atoms with E-state index in [-0.39, 0.29) is 5.41 Å². The summed E-state index contributed by atoms with van der Waals surface area (Å²) in [6, 6.07) is 64.1. The van der Waals surface area contributed by atoms with Crippen molar-refractivity contribution in [2.45, 2.75) is 19.3 Å². The van der Waals surface area contributed by atoms with E-state index in [1.807, 2.05) is 11.3 Å². The SMILES string of the molecule is CC1(C)c2ccccc2-c2ccc(N(c3ccc(-c4ccccc4)cc3)c3ccc4c(c3)sc3cc5c(cc34)oc3cc(-c4ccccc4)ccc35)cc21. The fourth-order valence-electron chi connectivity index (χ4n) is 8.70. The van der Waals surface area contributed by atoms with E-state index in [4.69, 9.17) is 4.42 Å². The molecule has 11 rings (SSSR count). The first-order valence-electron chi connectivity index (χ1n) is 18.6. The third-order valence-electron chi connectivity index (χ3n) is 11.5. The summed E-state index contributed by atoms with van der Waals surface area (Å²) in [6.45, 7) is 4.71. The first-order chi connectivity index (χ1) is 26.5. The van der Waals surface area contributed by atoms with Gasteiger partial charge in [0.1, 0.15) is 11.2 Å². The van der Waals surface area contributed by atoms with Crippen LogP contribution in [0.2, 0.25) is 0 Å². The molecule has 0 bridgehead atoms. The highest BCUT2D eigenvalue weighted by atomic mass is 32.1. The summed E-state index contributed by atoms with van der Waals surface area (Å²) in [4.78, 5) is 2.42. The Balaban J connectivity index is 1.04. The van der Waals surface area contributed by atoms with Gasteiger partial charge in [0.2, 0.25) is 0 Å². The maximum Gasteiger partial charge on any atom is 0.136 e. The number of nitrogens with zero attached hydrogens (tertiary/aromatic N) is 1. The van der Waals surface area contributed by atoms with Crippen LogP contribution in [0.15, 0.2) is 180 Å². The van der Waals surface area contributed by atoms with Crippen LogP contribution in [0.25, 0.3) is 75.5 Å². The highest BCUT2D eigenvalue weighted by molar-refractivity contribution is 7.26. The Hall–Kier alpha value is -6.42. The van der Waals surface area contributed by atoms with Crippen LogP contribution in [0, 0.1) is 0 Å². The normalized spacial score (nSPS) is 13.1. The maximum absolute atomic E-state index is 6.53. The minimum atomic E-state index is -0.0929. The molecule has 0 spiro atoms. The summed E-state index contributed by atoms with van der Waals surface area (Å²) in [5, 5.41) is 4.78. The summed E-state index contributed by atoms with van der Waals surface area (Å²) in [5.41, 5.74) is 15.4. The van der Waals surface area contributed by atoms with Gasteiger partial charge in [-0.2, -0.15) is 0 Å². The quantitative estimate of drug-likeness (QED) is 0.177. The van der Waals surface area contributed by atoms with Crippen LogP contribution < -0.4 is 4.90 Å². The van der Waals surface area contributed by atoms with E-state index < -0.39 is 0 Å². The van der Waals surface area contributed by atoms with Gasteiger partial charge in [-0.15, -0.1) is 11.3 Å². The van der Waals surface area contributed by atoms with Gasteiger partial charge in [0.15, 0.2) is 0 Å². The second-order valence-corrected chi connectivity index (χ2v) is 16.0. The molecule has 1 aliphatic carbocycles. The molecule has 1 aliphatic rings. The highest BCUT2D eigenvalue weighted by Crippen LogP contribution is 2.51. The summed E-state index contributed by atoms with van der Waals surface area (Å²) in [7, 11) is 0. The van der Waals surface area contributed by atoms with Gasteiger partial charge >= 0.3 is 0 Å². The zero-order valence-corrected chi connectivity index (χ0v) is 30.8. The molecule has 10 aromatic rings. The van der Waals surface area contributed by atoms with Crippen molar-refractivity contribution in [2.75, 3.05) is 4.90 Å². The molecule has 8 aromatic carbocycles. The molecule has 2 heterocycles. The zero-order valence-electron chi connectivity index (χ0n) is 30.0. The molecular weight excluding hydrogens is 675 g/mol. The summed E-state index contributed by atoms with van der Waals surface area (Å²) in [5.74, 6) is 0. The monoisotopic (exact) mass is 709 g/mol. The van der Waals surface area contributed by atoms with E-state index in [9.17, 15) is 0 Å². The highest BCUT2D eigenvalue weighted by Gasteiger charge is 2.35. The second-order valence-electron chi connectivity index (χ2n) is 15.0. The predicted octanol–water partition coefficient (Wildman–Crippen LogP) is 15.1. The topological polar surface area (TPSA) is 16.4 Å². The number of rotatable bonds is 5. The van der Waals surface area contributed by atoms with Crippen molar-refractivity contribution in [3.63, 3.8) is 0 Å². The molecule has 256 valence electrons. The minimum absolute atomic E-state index is 0.0929. The van der Waals surface area contributed by atoms with Gasteiger partial charge in [0.05, 0.1) is 0 Å². The molecule has 0 radical (unpaired) electrons. The fourth-order valence-corrected chi connectivity index (χ4v) is 9.86. The van der Waals surface area contributed by atoms with Gasteiger partial charge in [-0.1, -0.05) is 129 Å². The molecule has 2 aromatic heterocycles. The molecule has 0 saturated carbocycles. The van der Waals surface area contributed by atoms with Crippen LogP contribution in [0.1, 0.15) is 25.0 Å². The Kier molecular flexibility index (Phi) is 6.80. The van der Waals surface area contributed by atoms with Crippen molar-refractivity contribution in [1.29, 1.82) is 0 Å². The smallest absolute Gasteiger partial charge is 0.136 e. The average molecular weight is 710 g/mol. The summed E-state index contributed by atoms with van der Waals surface area (Å²) >= 11 is 1.85. The van der Waals surface area contributed by atoms with Crippen molar-refractivity contribution in [3.05, 3.63) is 187 Å². The van der Waals surface area contributed by atoms with Crippen LogP contribution in [0.5, 0.6) is 0 Å². The molecule has 0 aliphatic heterocycles. The molecule has 0 fully saturated rings. The van der Waals surface area contributed by atoms with Gasteiger partial charge in [0, 0.05) is 53.4 Å². The fraction of sp³-hybridized carbons (Fsp3) is 0.0588. The van der Waals surface area contributed by atoms with Gasteiger partial charge in [-0.05, 0) is 105 Å². The Morgan fingerprint density at radius 1 is 0.407 bits per heavy atom. The Labute approximate surface area is 318 Å². The summed E-state index contributed by atoms with van der Waals surface area (Å²) < 4.78 is 9.05. The lowest BCUT2D eigenvalue weighted by molar-refractivity contribution is 0.660. The van der Waals surface area contributed by atoms with Crippen molar-refractivity contribution >= 4 is 70.5 Å². The number of thiophene rings is 1. The number of fused-ring (bicyclic) bond motifs is 9. The molecule has 0 unspecified atom stereocenters. The third kappa shape index (κ3) is 4.79. The lowest BCUT2D eigenvalue weighted by Crippen LogP contribution is -2.16. The first-order valence-corrected chi connectivity index (χ1v) is 19.4. The number of anilines is 3. The van der Waals surface area contributed by atoms with Gasteiger partial charge in [-0.25, -0.2) is 0 Å². The number of furan rings is 1. The van der Waals surface area contributed by atoms with Crippen molar-refractivity contribution in [1.82, 2.24) is 0 Å². The van der Waals surface area contributed by atoms with Gasteiger partial charge < -0.3 is 9.32 Å². The predicted molar refractivity (Wildman–Crippen MR) is 230 cm³/mol. The Morgan fingerprint density at radius 3 is 1.78 bits per heavy atom. The van der Waals surface area contributed by atoms with E-state index in [1.165, 1.54) is 59.1 Å². The molecule has 2 nitrogen and oxygen atoms in total. The number of hydrogen-bond acceptors (Lipinski definition) is 3. The van der Waals surface area contributed by atoms with E-state index in [0.29, 0.717) is 0 Å². The molecule has 3 heteroatoms. The lowest BCUT2D eigenvalue weighted by Gasteiger charge is -2.28. The Morgan fingerprint density at radius 2 is 0.981 bits per heavy atom.